The molecule has 104 valence electrons. The van der Waals surface area contributed by atoms with Crippen LogP contribution in [0.5, 0.6) is 0 Å². The van der Waals surface area contributed by atoms with Gasteiger partial charge >= 0.3 is 0 Å². The Bertz CT molecular complexity index is 621. The monoisotopic (exact) mass is 290 g/mol. The SMILES string of the molecule is O=C(NCCc1nnc2n1CCC2)c1ccc(Cl)cc1. The third kappa shape index (κ3) is 2.67. The van der Waals surface area contributed by atoms with Gasteiger partial charge in [0, 0.05) is 36.5 Å². The van der Waals surface area contributed by atoms with Crippen LogP contribution in [0.2, 0.25) is 5.02 Å². The molecule has 0 aliphatic carbocycles. The van der Waals surface area contributed by atoms with Gasteiger partial charge in [-0.25, -0.2) is 0 Å². The lowest BCUT2D eigenvalue weighted by Gasteiger charge is -2.06. The summed E-state index contributed by atoms with van der Waals surface area (Å²) in [6, 6.07) is 6.85. The molecule has 1 amide bonds. The second-order valence-corrected chi connectivity index (χ2v) is 5.24. The summed E-state index contributed by atoms with van der Waals surface area (Å²) in [5.41, 5.74) is 0.612. The van der Waals surface area contributed by atoms with E-state index in [0.29, 0.717) is 23.6 Å². The summed E-state index contributed by atoms with van der Waals surface area (Å²) in [5, 5.41) is 11.8. The lowest BCUT2D eigenvalue weighted by molar-refractivity contribution is 0.0954. The Morgan fingerprint density at radius 1 is 1.30 bits per heavy atom. The van der Waals surface area contributed by atoms with E-state index in [1.165, 1.54) is 0 Å². The Labute approximate surface area is 122 Å². The number of amides is 1. The standard InChI is InChI=1S/C14H15ClN4O/c15-11-5-3-10(4-6-11)14(20)16-8-7-13-18-17-12-2-1-9-19(12)13/h3-6H,1-2,7-9H2,(H,16,20). The van der Waals surface area contributed by atoms with Crippen LogP contribution in [0.15, 0.2) is 24.3 Å². The number of rotatable bonds is 4. The molecule has 1 aliphatic rings. The number of hydrogen-bond donors (Lipinski definition) is 1. The van der Waals surface area contributed by atoms with Crippen molar-refractivity contribution in [3.05, 3.63) is 46.5 Å². The molecule has 0 atom stereocenters. The minimum Gasteiger partial charge on any atom is -0.352 e. The van der Waals surface area contributed by atoms with Crippen molar-refractivity contribution in [2.45, 2.75) is 25.8 Å². The molecule has 1 N–H and O–H groups in total. The Morgan fingerprint density at radius 2 is 2.10 bits per heavy atom. The maximum absolute atomic E-state index is 11.9. The number of carbonyl (C=O) groups is 1. The van der Waals surface area contributed by atoms with Crippen molar-refractivity contribution in [3.8, 4) is 0 Å². The highest BCUT2D eigenvalue weighted by Crippen LogP contribution is 2.14. The summed E-state index contributed by atoms with van der Waals surface area (Å²) in [4.78, 5) is 11.9. The first-order valence-electron chi connectivity index (χ1n) is 6.69. The molecule has 0 radical (unpaired) electrons. The highest BCUT2D eigenvalue weighted by Gasteiger charge is 2.16. The van der Waals surface area contributed by atoms with Crippen LogP contribution in [0.1, 0.15) is 28.4 Å². The number of nitrogens with one attached hydrogen (secondary N) is 1. The van der Waals surface area contributed by atoms with Crippen molar-refractivity contribution in [1.29, 1.82) is 0 Å². The molecule has 0 fully saturated rings. The molecule has 1 aliphatic heterocycles. The van der Waals surface area contributed by atoms with Gasteiger partial charge in [-0.1, -0.05) is 11.6 Å². The number of nitrogens with zero attached hydrogens (tertiary/aromatic N) is 3. The molecular formula is C14H15ClN4O. The van der Waals surface area contributed by atoms with Crippen molar-refractivity contribution >= 4 is 17.5 Å². The van der Waals surface area contributed by atoms with Crippen molar-refractivity contribution < 1.29 is 4.79 Å². The summed E-state index contributed by atoms with van der Waals surface area (Å²) < 4.78 is 2.15. The highest BCUT2D eigenvalue weighted by atomic mass is 35.5. The molecule has 2 aromatic rings. The molecule has 0 saturated heterocycles. The van der Waals surface area contributed by atoms with Crippen molar-refractivity contribution in [3.63, 3.8) is 0 Å². The summed E-state index contributed by atoms with van der Waals surface area (Å²) in [5.74, 6) is 1.92. The van der Waals surface area contributed by atoms with Gasteiger partial charge in [-0.2, -0.15) is 0 Å². The Balaban J connectivity index is 1.54. The molecule has 1 aromatic heterocycles. The number of carbonyl (C=O) groups excluding carboxylic acids is 1. The number of benzene rings is 1. The van der Waals surface area contributed by atoms with Crippen molar-refractivity contribution in [2.75, 3.05) is 6.54 Å². The molecule has 0 spiro atoms. The van der Waals surface area contributed by atoms with Crippen molar-refractivity contribution in [1.82, 2.24) is 20.1 Å². The van der Waals surface area contributed by atoms with Gasteiger partial charge in [0.25, 0.3) is 5.91 Å². The van der Waals surface area contributed by atoms with E-state index in [1.54, 1.807) is 24.3 Å². The largest absolute Gasteiger partial charge is 0.352 e. The molecule has 20 heavy (non-hydrogen) atoms. The van der Waals surface area contributed by atoms with E-state index in [4.69, 9.17) is 11.6 Å². The van der Waals surface area contributed by atoms with Gasteiger partial charge in [0.2, 0.25) is 0 Å². The van der Waals surface area contributed by atoms with E-state index in [2.05, 4.69) is 20.1 Å². The van der Waals surface area contributed by atoms with Crippen molar-refractivity contribution in [2.24, 2.45) is 0 Å². The first kappa shape index (κ1) is 13.1. The Morgan fingerprint density at radius 3 is 2.90 bits per heavy atom. The number of fused-ring (bicyclic) bond motifs is 1. The van der Waals surface area contributed by atoms with Gasteiger partial charge in [0.05, 0.1) is 0 Å². The number of aromatic nitrogens is 3. The van der Waals surface area contributed by atoms with E-state index in [0.717, 1.165) is 31.0 Å². The summed E-state index contributed by atoms with van der Waals surface area (Å²) in [7, 11) is 0. The van der Waals surface area contributed by atoms with Gasteiger partial charge < -0.3 is 9.88 Å². The smallest absolute Gasteiger partial charge is 0.251 e. The highest BCUT2D eigenvalue weighted by molar-refractivity contribution is 6.30. The predicted octanol–water partition coefficient (Wildman–Crippen LogP) is 1.85. The van der Waals surface area contributed by atoms with Crippen LogP contribution in [0, 0.1) is 0 Å². The first-order chi connectivity index (χ1) is 9.74. The van der Waals surface area contributed by atoms with E-state index < -0.39 is 0 Å². The zero-order valence-corrected chi connectivity index (χ0v) is 11.7. The topological polar surface area (TPSA) is 59.8 Å². The summed E-state index contributed by atoms with van der Waals surface area (Å²) >= 11 is 5.79. The average molecular weight is 291 g/mol. The second-order valence-electron chi connectivity index (χ2n) is 4.80. The fourth-order valence-corrected chi connectivity index (χ4v) is 2.51. The minimum atomic E-state index is -0.0946. The van der Waals surface area contributed by atoms with Crippen LogP contribution in [0.3, 0.4) is 0 Å². The van der Waals surface area contributed by atoms with Gasteiger partial charge in [0.1, 0.15) is 11.6 Å². The lowest BCUT2D eigenvalue weighted by Crippen LogP contribution is -2.26. The van der Waals surface area contributed by atoms with E-state index in [1.807, 2.05) is 0 Å². The first-order valence-corrected chi connectivity index (χ1v) is 7.06. The number of aryl methyl sites for hydroxylation is 1. The van der Waals surface area contributed by atoms with Gasteiger partial charge in [-0.15, -0.1) is 10.2 Å². The van der Waals surface area contributed by atoms with Crippen LogP contribution in [0.25, 0.3) is 0 Å². The molecule has 1 aromatic carbocycles. The fourth-order valence-electron chi connectivity index (χ4n) is 2.39. The maximum atomic E-state index is 11.9. The van der Waals surface area contributed by atoms with E-state index >= 15 is 0 Å². The normalized spacial score (nSPS) is 13.2. The molecular weight excluding hydrogens is 276 g/mol. The molecule has 0 bridgehead atoms. The minimum absolute atomic E-state index is 0.0946. The molecule has 2 heterocycles. The predicted molar refractivity (Wildman–Crippen MR) is 75.8 cm³/mol. The number of hydrogen-bond acceptors (Lipinski definition) is 3. The number of halogens is 1. The maximum Gasteiger partial charge on any atom is 0.251 e. The Hall–Kier alpha value is -1.88. The van der Waals surface area contributed by atoms with E-state index in [-0.39, 0.29) is 5.91 Å². The van der Waals surface area contributed by atoms with Crippen LogP contribution in [0.4, 0.5) is 0 Å². The van der Waals surface area contributed by atoms with Gasteiger partial charge in [-0.3, -0.25) is 4.79 Å². The van der Waals surface area contributed by atoms with Crippen LogP contribution >= 0.6 is 11.6 Å². The molecule has 6 heteroatoms. The quantitative estimate of drug-likeness (QED) is 0.935. The summed E-state index contributed by atoms with van der Waals surface area (Å²) in [6.45, 7) is 1.54. The lowest BCUT2D eigenvalue weighted by atomic mass is 10.2. The second kappa shape index (κ2) is 5.63. The Kier molecular flexibility index (Phi) is 3.69. The van der Waals surface area contributed by atoms with Crippen LogP contribution < -0.4 is 5.32 Å². The fraction of sp³-hybridized carbons (Fsp3) is 0.357. The van der Waals surface area contributed by atoms with Gasteiger partial charge in [-0.05, 0) is 30.7 Å². The third-order valence-electron chi connectivity index (χ3n) is 3.43. The molecule has 3 rings (SSSR count). The summed E-state index contributed by atoms with van der Waals surface area (Å²) in [6.07, 6.45) is 2.84. The molecule has 5 nitrogen and oxygen atoms in total. The van der Waals surface area contributed by atoms with Crippen LogP contribution in [-0.2, 0) is 19.4 Å². The zero-order valence-electron chi connectivity index (χ0n) is 11.0. The van der Waals surface area contributed by atoms with E-state index in [9.17, 15) is 4.79 Å². The van der Waals surface area contributed by atoms with Crippen LogP contribution in [-0.4, -0.2) is 27.2 Å². The van der Waals surface area contributed by atoms with Gasteiger partial charge in [0.15, 0.2) is 0 Å². The molecule has 0 unspecified atom stereocenters. The third-order valence-corrected chi connectivity index (χ3v) is 3.68. The zero-order chi connectivity index (χ0) is 13.9. The molecule has 0 saturated carbocycles. The average Bonchev–Trinajstić information content (AvgIpc) is 3.04.